The van der Waals surface area contributed by atoms with Crippen molar-refractivity contribution in [1.29, 1.82) is 0 Å². The van der Waals surface area contributed by atoms with E-state index in [4.69, 9.17) is 0 Å². The first-order chi connectivity index (χ1) is 18.3. The number of nitrogens with zero attached hydrogens (tertiary/aromatic N) is 6. The Morgan fingerprint density at radius 1 is 0.974 bits per heavy atom. The third-order valence-electron chi connectivity index (χ3n) is 7.12. The van der Waals surface area contributed by atoms with Crippen LogP contribution in [0.1, 0.15) is 49.2 Å². The first-order valence-electron chi connectivity index (χ1n) is 13.6. The Balaban J connectivity index is 1.61. The van der Waals surface area contributed by atoms with E-state index >= 15 is 0 Å². The summed E-state index contributed by atoms with van der Waals surface area (Å²) >= 11 is 0. The summed E-state index contributed by atoms with van der Waals surface area (Å²) < 4.78 is 0. The van der Waals surface area contributed by atoms with Crippen LogP contribution < -0.4 is 0 Å². The molecule has 7 nitrogen and oxygen atoms in total. The molecule has 3 rings (SSSR count). The van der Waals surface area contributed by atoms with Gasteiger partial charge in [-0.25, -0.2) is 9.98 Å². The van der Waals surface area contributed by atoms with Gasteiger partial charge in [0.2, 0.25) is 0 Å². The molecule has 0 radical (unpaired) electrons. The number of carbonyl (C=O) groups is 1. The molecule has 0 bridgehead atoms. The molecule has 0 aromatic heterocycles. The van der Waals surface area contributed by atoms with E-state index in [0.717, 1.165) is 79.9 Å². The molecule has 0 saturated carbocycles. The van der Waals surface area contributed by atoms with Crippen molar-refractivity contribution in [2.24, 2.45) is 9.98 Å². The van der Waals surface area contributed by atoms with Gasteiger partial charge < -0.3 is 14.7 Å². The second-order valence-electron chi connectivity index (χ2n) is 10.0. The van der Waals surface area contributed by atoms with Crippen molar-refractivity contribution in [2.75, 3.05) is 52.4 Å². The van der Waals surface area contributed by atoms with Crippen LogP contribution in [0.15, 0.2) is 77.0 Å². The third-order valence-corrected chi connectivity index (χ3v) is 7.12. The third kappa shape index (κ3) is 7.54. The Bertz CT molecular complexity index is 1130. The van der Waals surface area contributed by atoms with Crippen molar-refractivity contribution in [1.82, 2.24) is 19.6 Å². The number of rotatable bonds is 7. The molecular weight excluding hydrogens is 472 g/mol. The summed E-state index contributed by atoms with van der Waals surface area (Å²) in [6, 6.07) is 6.33. The Morgan fingerprint density at radius 2 is 1.61 bits per heavy atom. The van der Waals surface area contributed by atoms with Gasteiger partial charge in [-0.3, -0.25) is 9.69 Å². The standard InChI is InChI=1S/C31H44N6O/c1-8-13-32-30(24(4)5)36-16-14-34(15-17-36)23-27-12-11-25(6)28(22-27)31(38)37-20-18-35(19-21-37)29(10-3)33-26(7)9-2/h8-13,22H,3-4,14-21,23H2,1-2,5-7H3/b13-8-,26-9-,32-30?,33-29?. The van der Waals surface area contributed by atoms with Gasteiger partial charge in [-0.05, 0) is 63.5 Å². The number of benzene rings is 1. The van der Waals surface area contributed by atoms with Crippen LogP contribution in [0.4, 0.5) is 0 Å². The minimum absolute atomic E-state index is 0.113. The van der Waals surface area contributed by atoms with Crippen molar-refractivity contribution in [3.8, 4) is 0 Å². The lowest BCUT2D eigenvalue weighted by Crippen LogP contribution is -2.50. The van der Waals surface area contributed by atoms with E-state index in [2.05, 4.69) is 56.0 Å². The molecule has 1 aromatic rings. The smallest absolute Gasteiger partial charge is 0.254 e. The molecule has 0 spiro atoms. The molecule has 2 aliphatic heterocycles. The SMILES string of the molecule is C=CC(=N/C(C)=C\C)N1CCN(C(=O)c2cc(CN3CCN(C(=N/C=C\C)C(=C)C)CC3)ccc2C)CC1. The summed E-state index contributed by atoms with van der Waals surface area (Å²) in [6.45, 7) is 25.4. The second kappa shape index (κ2) is 13.9. The molecule has 0 aliphatic carbocycles. The highest BCUT2D eigenvalue weighted by molar-refractivity contribution is 5.98. The fourth-order valence-corrected chi connectivity index (χ4v) is 4.78. The Morgan fingerprint density at radius 3 is 2.18 bits per heavy atom. The summed E-state index contributed by atoms with van der Waals surface area (Å²) in [4.78, 5) is 31.7. The van der Waals surface area contributed by atoms with Gasteiger partial charge in [-0.15, -0.1) is 0 Å². The number of hydrogen-bond acceptors (Lipinski definition) is 4. The fraction of sp³-hybridized carbons (Fsp3) is 0.452. The second-order valence-corrected chi connectivity index (χ2v) is 10.0. The van der Waals surface area contributed by atoms with Crippen LogP contribution in [0, 0.1) is 6.92 Å². The van der Waals surface area contributed by atoms with Gasteiger partial charge in [0.15, 0.2) is 0 Å². The predicted molar refractivity (Wildman–Crippen MR) is 160 cm³/mol. The quantitative estimate of drug-likeness (QED) is 0.383. The first-order valence-corrected chi connectivity index (χ1v) is 13.6. The maximum atomic E-state index is 13.5. The minimum Gasteiger partial charge on any atom is -0.354 e. The van der Waals surface area contributed by atoms with Crippen LogP contribution in [0.2, 0.25) is 0 Å². The van der Waals surface area contributed by atoms with Gasteiger partial charge in [0, 0.05) is 76.4 Å². The molecule has 2 saturated heterocycles. The van der Waals surface area contributed by atoms with E-state index in [1.807, 2.05) is 57.9 Å². The highest BCUT2D eigenvalue weighted by atomic mass is 16.2. The van der Waals surface area contributed by atoms with Crippen LogP contribution in [-0.2, 0) is 6.54 Å². The monoisotopic (exact) mass is 516 g/mol. The zero-order chi connectivity index (χ0) is 27.7. The van der Waals surface area contributed by atoms with Crippen molar-refractivity contribution in [3.05, 3.63) is 83.7 Å². The number of aryl methyl sites for hydroxylation is 1. The molecule has 38 heavy (non-hydrogen) atoms. The summed E-state index contributed by atoms with van der Waals surface area (Å²) in [6.07, 6.45) is 7.55. The van der Waals surface area contributed by atoms with Gasteiger partial charge >= 0.3 is 0 Å². The van der Waals surface area contributed by atoms with Gasteiger partial charge in [0.05, 0.1) is 0 Å². The highest BCUT2D eigenvalue weighted by Gasteiger charge is 2.25. The Kier molecular flexibility index (Phi) is 10.7. The summed E-state index contributed by atoms with van der Waals surface area (Å²) in [5, 5.41) is 0. The Hall–Kier alpha value is -3.45. The van der Waals surface area contributed by atoms with Gasteiger partial charge in [-0.2, -0.15) is 0 Å². The molecule has 2 aliphatic rings. The molecule has 0 atom stereocenters. The number of aliphatic imine (C=N–C) groups is 2. The molecule has 0 N–H and O–H groups in total. The molecule has 0 unspecified atom stereocenters. The average molecular weight is 517 g/mol. The number of amides is 1. The van der Waals surface area contributed by atoms with Gasteiger partial charge in [-0.1, -0.05) is 37.4 Å². The largest absolute Gasteiger partial charge is 0.354 e. The van der Waals surface area contributed by atoms with Crippen molar-refractivity contribution < 1.29 is 4.79 Å². The number of carbonyl (C=O) groups excluding carboxylic acids is 1. The molecule has 2 heterocycles. The van der Waals surface area contributed by atoms with Crippen molar-refractivity contribution >= 4 is 17.6 Å². The van der Waals surface area contributed by atoms with E-state index in [1.54, 1.807) is 6.08 Å². The van der Waals surface area contributed by atoms with E-state index < -0.39 is 0 Å². The first kappa shape index (κ1) is 29.1. The lowest BCUT2D eigenvalue weighted by Gasteiger charge is -2.37. The van der Waals surface area contributed by atoms with Crippen LogP contribution >= 0.6 is 0 Å². The van der Waals surface area contributed by atoms with Gasteiger partial charge in [0.1, 0.15) is 11.7 Å². The van der Waals surface area contributed by atoms with Crippen LogP contribution in [0.25, 0.3) is 0 Å². The summed E-state index contributed by atoms with van der Waals surface area (Å²) in [7, 11) is 0. The molecule has 1 aromatic carbocycles. The molecule has 204 valence electrons. The van der Waals surface area contributed by atoms with Crippen LogP contribution in [0.3, 0.4) is 0 Å². The Labute approximate surface area is 229 Å². The van der Waals surface area contributed by atoms with Crippen LogP contribution in [-0.4, -0.2) is 89.5 Å². The number of piperazine rings is 2. The van der Waals surface area contributed by atoms with E-state index in [9.17, 15) is 4.79 Å². The van der Waals surface area contributed by atoms with E-state index in [-0.39, 0.29) is 5.91 Å². The summed E-state index contributed by atoms with van der Waals surface area (Å²) in [5.74, 6) is 1.95. The van der Waals surface area contributed by atoms with Crippen molar-refractivity contribution in [2.45, 2.75) is 41.2 Å². The van der Waals surface area contributed by atoms with E-state index in [1.165, 1.54) is 5.56 Å². The lowest BCUT2D eigenvalue weighted by atomic mass is 10.0. The zero-order valence-electron chi connectivity index (χ0n) is 23.9. The summed E-state index contributed by atoms with van der Waals surface area (Å²) in [5.41, 5.74) is 4.95. The van der Waals surface area contributed by atoms with Gasteiger partial charge in [0.25, 0.3) is 5.91 Å². The average Bonchev–Trinajstić information content (AvgIpc) is 2.93. The normalized spacial score (nSPS) is 18.3. The lowest BCUT2D eigenvalue weighted by molar-refractivity contribution is 0.0691. The number of allylic oxidation sites excluding steroid dienone is 3. The van der Waals surface area contributed by atoms with Crippen molar-refractivity contribution in [3.63, 3.8) is 0 Å². The number of amidine groups is 2. The molecular formula is C31H44N6O. The van der Waals surface area contributed by atoms with E-state index in [0.29, 0.717) is 13.1 Å². The fourth-order valence-electron chi connectivity index (χ4n) is 4.78. The number of hydrogen-bond donors (Lipinski definition) is 0. The molecule has 1 amide bonds. The van der Waals surface area contributed by atoms with Crippen LogP contribution in [0.5, 0.6) is 0 Å². The molecule has 2 fully saturated rings. The topological polar surface area (TPSA) is 54.8 Å². The highest BCUT2D eigenvalue weighted by Crippen LogP contribution is 2.18. The molecule has 7 heteroatoms. The maximum absolute atomic E-state index is 13.5. The minimum atomic E-state index is 0.113. The zero-order valence-corrected chi connectivity index (χ0v) is 23.9. The predicted octanol–water partition coefficient (Wildman–Crippen LogP) is 4.89. The maximum Gasteiger partial charge on any atom is 0.254 e.